The van der Waals surface area contributed by atoms with Crippen LogP contribution in [0, 0.1) is 0 Å². The Morgan fingerprint density at radius 3 is 2.90 bits per heavy atom. The topological polar surface area (TPSA) is 127 Å². The molecule has 2 aromatic rings. The van der Waals surface area contributed by atoms with Gasteiger partial charge in [0.2, 0.25) is 0 Å². The first-order valence-corrected chi connectivity index (χ1v) is 5.66. The standard InChI is InChI=1S/C10H13N7O3/c1-16-6-12-15-8(16)3-11-10(20)14-7-2-13-17(4-7)5-9(18)19/h2,4,6H,3,5H2,1H3,(H,18,19)(H2,11,14,20). The molecule has 0 aliphatic rings. The molecule has 2 aromatic heterocycles. The van der Waals surface area contributed by atoms with E-state index in [0.717, 1.165) is 0 Å². The molecular formula is C10H13N7O3. The lowest BCUT2D eigenvalue weighted by atomic mass is 10.5. The van der Waals surface area contributed by atoms with Crippen LogP contribution in [0.15, 0.2) is 18.7 Å². The maximum Gasteiger partial charge on any atom is 0.325 e. The van der Waals surface area contributed by atoms with Gasteiger partial charge in [-0.2, -0.15) is 5.10 Å². The number of urea groups is 1. The van der Waals surface area contributed by atoms with Crippen molar-refractivity contribution in [2.45, 2.75) is 13.1 Å². The zero-order chi connectivity index (χ0) is 14.5. The predicted octanol–water partition coefficient (Wildman–Crippen LogP) is -0.582. The first kappa shape index (κ1) is 13.5. The van der Waals surface area contributed by atoms with Gasteiger partial charge in [0.1, 0.15) is 12.9 Å². The number of hydrogen-bond donors (Lipinski definition) is 3. The van der Waals surface area contributed by atoms with Crippen molar-refractivity contribution in [3.8, 4) is 0 Å². The molecule has 0 spiro atoms. The summed E-state index contributed by atoms with van der Waals surface area (Å²) >= 11 is 0. The van der Waals surface area contributed by atoms with Crippen LogP contribution in [0.25, 0.3) is 0 Å². The van der Waals surface area contributed by atoms with Crippen LogP contribution in [0.4, 0.5) is 10.5 Å². The summed E-state index contributed by atoms with van der Waals surface area (Å²) in [5.41, 5.74) is 0.404. The number of aliphatic carboxylic acids is 1. The molecule has 0 aliphatic carbocycles. The van der Waals surface area contributed by atoms with E-state index in [0.29, 0.717) is 11.5 Å². The van der Waals surface area contributed by atoms with Crippen molar-refractivity contribution < 1.29 is 14.7 Å². The Morgan fingerprint density at radius 2 is 2.25 bits per heavy atom. The maximum atomic E-state index is 11.6. The molecule has 10 nitrogen and oxygen atoms in total. The number of anilines is 1. The highest BCUT2D eigenvalue weighted by atomic mass is 16.4. The number of rotatable bonds is 5. The highest BCUT2D eigenvalue weighted by molar-refractivity contribution is 5.88. The van der Waals surface area contributed by atoms with Gasteiger partial charge in [0.15, 0.2) is 5.82 Å². The number of nitrogens with one attached hydrogen (secondary N) is 2. The molecule has 0 saturated carbocycles. The molecule has 2 heterocycles. The Bertz CT molecular complexity index is 618. The summed E-state index contributed by atoms with van der Waals surface area (Å²) in [7, 11) is 1.77. The normalized spacial score (nSPS) is 10.2. The molecule has 0 fully saturated rings. The third-order valence-corrected chi connectivity index (χ3v) is 2.40. The maximum absolute atomic E-state index is 11.6. The summed E-state index contributed by atoms with van der Waals surface area (Å²) in [4.78, 5) is 22.1. The molecule has 3 N–H and O–H groups in total. The molecule has 0 aromatic carbocycles. The SMILES string of the molecule is Cn1cnnc1CNC(=O)Nc1cnn(CC(=O)O)c1. The van der Waals surface area contributed by atoms with E-state index in [4.69, 9.17) is 5.11 Å². The van der Waals surface area contributed by atoms with Crippen molar-refractivity contribution >= 4 is 17.7 Å². The van der Waals surface area contributed by atoms with Crippen molar-refractivity contribution in [3.05, 3.63) is 24.5 Å². The van der Waals surface area contributed by atoms with Gasteiger partial charge in [-0.1, -0.05) is 0 Å². The van der Waals surface area contributed by atoms with Gasteiger partial charge in [-0.25, -0.2) is 4.79 Å². The second-order valence-corrected chi connectivity index (χ2v) is 3.99. The molecule has 0 aliphatic heterocycles. The van der Waals surface area contributed by atoms with Crippen LogP contribution in [0.2, 0.25) is 0 Å². The van der Waals surface area contributed by atoms with Crippen LogP contribution < -0.4 is 10.6 Å². The molecule has 0 bridgehead atoms. The van der Waals surface area contributed by atoms with Crippen molar-refractivity contribution in [1.29, 1.82) is 0 Å². The third kappa shape index (κ3) is 3.54. The molecule has 20 heavy (non-hydrogen) atoms. The van der Waals surface area contributed by atoms with Gasteiger partial charge >= 0.3 is 12.0 Å². The predicted molar refractivity (Wildman–Crippen MR) is 66.7 cm³/mol. The second kappa shape index (κ2) is 5.82. The number of carboxylic acid groups (broad SMARTS) is 1. The molecule has 10 heteroatoms. The minimum absolute atomic E-state index is 0.228. The summed E-state index contributed by atoms with van der Waals surface area (Å²) in [5.74, 6) is -0.395. The highest BCUT2D eigenvalue weighted by Crippen LogP contribution is 2.04. The summed E-state index contributed by atoms with van der Waals surface area (Å²) in [6, 6.07) is -0.442. The van der Waals surface area contributed by atoms with E-state index < -0.39 is 12.0 Å². The number of carbonyl (C=O) groups is 2. The average Bonchev–Trinajstić information content (AvgIpc) is 2.96. The zero-order valence-corrected chi connectivity index (χ0v) is 10.6. The van der Waals surface area contributed by atoms with Crippen LogP contribution in [0.5, 0.6) is 0 Å². The first-order chi connectivity index (χ1) is 9.54. The minimum atomic E-state index is -1.01. The second-order valence-electron chi connectivity index (χ2n) is 3.99. The molecule has 0 radical (unpaired) electrons. The minimum Gasteiger partial charge on any atom is -0.480 e. The average molecular weight is 279 g/mol. The smallest absolute Gasteiger partial charge is 0.325 e. The fourth-order valence-electron chi connectivity index (χ4n) is 1.45. The summed E-state index contributed by atoms with van der Waals surface area (Å²) in [6.07, 6.45) is 4.33. The van der Waals surface area contributed by atoms with Crippen molar-refractivity contribution in [3.63, 3.8) is 0 Å². The zero-order valence-electron chi connectivity index (χ0n) is 10.6. The Morgan fingerprint density at radius 1 is 1.45 bits per heavy atom. The number of carbonyl (C=O) groups excluding carboxylic acids is 1. The molecule has 0 atom stereocenters. The van der Waals surface area contributed by atoms with E-state index >= 15 is 0 Å². The highest BCUT2D eigenvalue weighted by Gasteiger charge is 2.07. The Labute approximate surface area is 113 Å². The van der Waals surface area contributed by atoms with E-state index in [1.54, 1.807) is 11.6 Å². The van der Waals surface area contributed by atoms with Gasteiger partial charge in [-0.3, -0.25) is 9.48 Å². The molecular weight excluding hydrogens is 266 g/mol. The lowest BCUT2D eigenvalue weighted by molar-refractivity contribution is -0.137. The lowest BCUT2D eigenvalue weighted by Crippen LogP contribution is -2.29. The van der Waals surface area contributed by atoms with Gasteiger partial charge < -0.3 is 20.3 Å². The molecule has 2 rings (SSSR count). The number of carboxylic acids is 1. The van der Waals surface area contributed by atoms with Crippen LogP contribution in [-0.4, -0.2) is 41.7 Å². The van der Waals surface area contributed by atoms with Gasteiger partial charge in [0.05, 0.1) is 18.4 Å². The lowest BCUT2D eigenvalue weighted by Gasteiger charge is -2.05. The van der Waals surface area contributed by atoms with Crippen molar-refractivity contribution in [1.82, 2.24) is 29.9 Å². The van der Waals surface area contributed by atoms with E-state index in [1.165, 1.54) is 23.4 Å². The summed E-state index contributed by atoms with van der Waals surface area (Å²) in [6.45, 7) is -0.0339. The van der Waals surface area contributed by atoms with E-state index in [2.05, 4.69) is 25.9 Å². The van der Waals surface area contributed by atoms with E-state index in [9.17, 15) is 9.59 Å². The Balaban J connectivity index is 1.84. The van der Waals surface area contributed by atoms with Gasteiger partial charge in [-0.05, 0) is 0 Å². The molecule has 0 unspecified atom stereocenters. The van der Waals surface area contributed by atoms with Gasteiger partial charge in [0.25, 0.3) is 0 Å². The molecule has 106 valence electrons. The number of aryl methyl sites for hydroxylation is 1. The Kier molecular flexibility index (Phi) is 3.93. The number of amides is 2. The third-order valence-electron chi connectivity index (χ3n) is 2.40. The Hall–Kier alpha value is -2.91. The van der Waals surface area contributed by atoms with Crippen LogP contribution >= 0.6 is 0 Å². The number of aromatic nitrogens is 5. The van der Waals surface area contributed by atoms with E-state index in [1.807, 2.05) is 0 Å². The largest absolute Gasteiger partial charge is 0.480 e. The quantitative estimate of drug-likeness (QED) is 0.672. The van der Waals surface area contributed by atoms with Gasteiger partial charge in [0, 0.05) is 13.2 Å². The monoisotopic (exact) mass is 279 g/mol. The van der Waals surface area contributed by atoms with E-state index in [-0.39, 0.29) is 13.1 Å². The number of hydrogen-bond acceptors (Lipinski definition) is 5. The van der Waals surface area contributed by atoms with Crippen LogP contribution in [0.3, 0.4) is 0 Å². The fraction of sp³-hybridized carbons (Fsp3) is 0.300. The first-order valence-electron chi connectivity index (χ1n) is 5.66. The van der Waals surface area contributed by atoms with Crippen LogP contribution in [0.1, 0.15) is 5.82 Å². The van der Waals surface area contributed by atoms with Crippen molar-refractivity contribution in [2.75, 3.05) is 5.32 Å². The summed E-state index contributed by atoms with van der Waals surface area (Å²) < 4.78 is 2.89. The molecule has 0 saturated heterocycles. The fourth-order valence-corrected chi connectivity index (χ4v) is 1.45. The van der Waals surface area contributed by atoms with Gasteiger partial charge in [-0.15, -0.1) is 10.2 Å². The van der Waals surface area contributed by atoms with Crippen molar-refractivity contribution in [2.24, 2.45) is 7.05 Å². The van der Waals surface area contributed by atoms with Crippen LogP contribution in [-0.2, 0) is 24.9 Å². The molecule has 2 amide bonds. The summed E-state index contributed by atoms with van der Waals surface area (Å²) in [5, 5.41) is 25.0. The number of nitrogens with zero attached hydrogens (tertiary/aromatic N) is 5.